The van der Waals surface area contributed by atoms with E-state index in [2.05, 4.69) is 37.1 Å². The Hall–Kier alpha value is -1.05. The summed E-state index contributed by atoms with van der Waals surface area (Å²) in [5.41, 5.74) is 1.22. The molecule has 0 radical (unpaired) electrons. The van der Waals surface area contributed by atoms with Gasteiger partial charge in [0.2, 0.25) is 0 Å². The first-order valence-corrected chi connectivity index (χ1v) is 5.35. The van der Waals surface area contributed by atoms with Crippen LogP contribution in [-0.2, 0) is 0 Å². The van der Waals surface area contributed by atoms with Crippen LogP contribution in [0.4, 0.5) is 5.82 Å². The van der Waals surface area contributed by atoms with E-state index in [1.54, 1.807) is 0 Å². The molecule has 0 aromatic carbocycles. The topological polar surface area (TPSA) is 24.9 Å². The summed E-state index contributed by atoms with van der Waals surface area (Å²) in [6, 6.07) is 4.05. The van der Waals surface area contributed by atoms with E-state index in [4.69, 9.17) is 0 Å². The zero-order chi connectivity index (χ0) is 10.4. The van der Waals surface area contributed by atoms with Crippen molar-refractivity contribution in [2.75, 3.05) is 11.9 Å². The minimum absolute atomic E-state index is 0.793. The third-order valence-corrected chi connectivity index (χ3v) is 2.26. The molecule has 0 aliphatic heterocycles. The summed E-state index contributed by atoms with van der Waals surface area (Å²) in [6.45, 7) is 7.62. The highest BCUT2D eigenvalue weighted by Gasteiger charge is 1.97. The first-order chi connectivity index (χ1) is 6.70. The van der Waals surface area contributed by atoms with E-state index in [1.165, 1.54) is 18.4 Å². The van der Waals surface area contributed by atoms with Crippen LogP contribution in [0, 0.1) is 12.8 Å². The highest BCUT2D eigenvalue weighted by Crippen LogP contribution is 2.10. The van der Waals surface area contributed by atoms with Crippen LogP contribution in [0.25, 0.3) is 0 Å². The summed E-state index contributed by atoms with van der Waals surface area (Å²) in [5.74, 6) is 1.82. The molecule has 0 unspecified atom stereocenters. The molecule has 0 saturated heterocycles. The van der Waals surface area contributed by atoms with Crippen LogP contribution in [0.3, 0.4) is 0 Å². The number of aromatic nitrogens is 1. The first kappa shape index (κ1) is 11.0. The van der Waals surface area contributed by atoms with Crippen molar-refractivity contribution in [3.05, 3.63) is 23.9 Å². The largest absolute Gasteiger partial charge is 0.370 e. The molecule has 0 bridgehead atoms. The fourth-order valence-corrected chi connectivity index (χ4v) is 1.39. The van der Waals surface area contributed by atoms with Crippen molar-refractivity contribution in [3.63, 3.8) is 0 Å². The van der Waals surface area contributed by atoms with E-state index in [9.17, 15) is 0 Å². The van der Waals surface area contributed by atoms with Gasteiger partial charge in [0.25, 0.3) is 0 Å². The molecule has 1 N–H and O–H groups in total. The van der Waals surface area contributed by atoms with E-state index in [0.717, 1.165) is 18.3 Å². The Morgan fingerprint density at radius 2 is 2.21 bits per heavy atom. The Morgan fingerprint density at radius 3 is 2.86 bits per heavy atom. The molecule has 1 aromatic rings. The second-order valence-corrected chi connectivity index (χ2v) is 4.13. The van der Waals surface area contributed by atoms with Crippen LogP contribution in [-0.4, -0.2) is 11.5 Å². The number of rotatable bonds is 5. The smallest absolute Gasteiger partial charge is 0.128 e. The van der Waals surface area contributed by atoms with Gasteiger partial charge in [0, 0.05) is 12.7 Å². The average Bonchev–Trinajstić information content (AvgIpc) is 2.15. The van der Waals surface area contributed by atoms with Gasteiger partial charge in [-0.3, -0.25) is 0 Å². The standard InChI is InChI=1S/C12H20N2/c1-10(2)6-4-8-13-12-11(3)7-5-9-14-12/h5,7,9-10H,4,6,8H2,1-3H3,(H,13,14). The van der Waals surface area contributed by atoms with Crippen molar-refractivity contribution in [1.29, 1.82) is 0 Å². The predicted molar refractivity (Wildman–Crippen MR) is 61.5 cm³/mol. The first-order valence-electron chi connectivity index (χ1n) is 5.35. The van der Waals surface area contributed by atoms with Gasteiger partial charge in [-0.2, -0.15) is 0 Å². The molecule has 0 aliphatic carbocycles. The van der Waals surface area contributed by atoms with Gasteiger partial charge in [-0.25, -0.2) is 4.98 Å². The summed E-state index contributed by atoms with van der Waals surface area (Å²) < 4.78 is 0. The zero-order valence-corrected chi connectivity index (χ0v) is 9.38. The number of hydrogen-bond acceptors (Lipinski definition) is 2. The average molecular weight is 192 g/mol. The second-order valence-electron chi connectivity index (χ2n) is 4.13. The molecule has 0 saturated carbocycles. The Balaban J connectivity index is 2.28. The maximum Gasteiger partial charge on any atom is 0.128 e. The number of pyridine rings is 1. The van der Waals surface area contributed by atoms with Gasteiger partial charge in [-0.05, 0) is 37.3 Å². The Kier molecular flexibility index (Phi) is 4.44. The summed E-state index contributed by atoms with van der Waals surface area (Å²) in [5, 5.41) is 3.36. The summed E-state index contributed by atoms with van der Waals surface area (Å²) in [7, 11) is 0. The van der Waals surface area contributed by atoms with Crippen molar-refractivity contribution in [1.82, 2.24) is 4.98 Å². The lowest BCUT2D eigenvalue weighted by molar-refractivity contribution is 0.566. The van der Waals surface area contributed by atoms with E-state index in [0.29, 0.717) is 0 Å². The van der Waals surface area contributed by atoms with Crippen LogP contribution >= 0.6 is 0 Å². The molecule has 1 aromatic heterocycles. The molecule has 0 amide bonds. The quantitative estimate of drug-likeness (QED) is 0.724. The molecule has 0 aliphatic rings. The number of nitrogens with one attached hydrogen (secondary N) is 1. The maximum atomic E-state index is 4.28. The van der Waals surface area contributed by atoms with E-state index >= 15 is 0 Å². The molecule has 1 heterocycles. The third kappa shape index (κ3) is 3.77. The van der Waals surface area contributed by atoms with Gasteiger partial charge in [0.1, 0.15) is 5.82 Å². The summed E-state index contributed by atoms with van der Waals surface area (Å²) in [4.78, 5) is 4.28. The molecule has 0 fully saturated rings. The molecule has 0 spiro atoms. The van der Waals surface area contributed by atoms with E-state index < -0.39 is 0 Å². The molecule has 14 heavy (non-hydrogen) atoms. The summed E-state index contributed by atoms with van der Waals surface area (Å²) in [6.07, 6.45) is 4.32. The molecule has 2 heteroatoms. The molecular formula is C12H20N2. The summed E-state index contributed by atoms with van der Waals surface area (Å²) >= 11 is 0. The maximum absolute atomic E-state index is 4.28. The van der Waals surface area contributed by atoms with Crippen LogP contribution in [0.5, 0.6) is 0 Å². The Morgan fingerprint density at radius 1 is 1.43 bits per heavy atom. The normalized spacial score (nSPS) is 10.6. The van der Waals surface area contributed by atoms with Crippen molar-refractivity contribution < 1.29 is 0 Å². The third-order valence-electron chi connectivity index (χ3n) is 2.26. The minimum atomic E-state index is 0.793. The van der Waals surface area contributed by atoms with Gasteiger partial charge in [0.05, 0.1) is 0 Å². The fourth-order valence-electron chi connectivity index (χ4n) is 1.39. The number of anilines is 1. The van der Waals surface area contributed by atoms with Crippen LogP contribution in [0.15, 0.2) is 18.3 Å². The van der Waals surface area contributed by atoms with Crippen molar-refractivity contribution in [2.45, 2.75) is 33.6 Å². The molecular weight excluding hydrogens is 172 g/mol. The van der Waals surface area contributed by atoms with E-state index in [1.807, 2.05) is 12.3 Å². The predicted octanol–water partition coefficient (Wildman–Crippen LogP) is 3.24. The van der Waals surface area contributed by atoms with Gasteiger partial charge in [0.15, 0.2) is 0 Å². The molecule has 2 nitrogen and oxygen atoms in total. The Bertz CT molecular complexity index is 269. The van der Waals surface area contributed by atoms with Crippen molar-refractivity contribution in [2.24, 2.45) is 5.92 Å². The number of hydrogen-bond donors (Lipinski definition) is 1. The van der Waals surface area contributed by atoms with Crippen LogP contribution in [0.1, 0.15) is 32.3 Å². The highest BCUT2D eigenvalue weighted by atomic mass is 15.0. The van der Waals surface area contributed by atoms with Gasteiger partial charge in [-0.15, -0.1) is 0 Å². The Labute approximate surface area is 86.8 Å². The van der Waals surface area contributed by atoms with Gasteiger partial charge < -0.3 is 5.32 Å². The van der Waals surface area contributed by atoms with Crippen molar-refractivity contribution in [3.8, 4) is 0 Å². The zero-order valence-electron chi connectivity index (χ0n) is 9.38. The number of nitrogens with zero attached hydrogens (tertiary/aromatic N) is 1. The molecule has 1 rings (SSSR count). The lowest BCUT2D eigenvalue weighted by Gasteiger charge is -2.08. The minimum Gasteiger partial charge on any atom is -0.370 e. The van der Waals surface area contributed by atoms with Gasteiger partial charge >= 0.3 is 0 Å². The second kappa shape index (κ2) is 5.63. The van der Waals surface area contributed by atoms with Crippen LogP contribution < -0.4 is 5.32 Å². The lowest BCUT2D eigenvalue weighted by Crippen LogP contribution is -2.05. The lowest BCUT2D eigenvalue weighted by atomic mass is 10.1. The van der Waals surface area contributed by atoms with Crippen LogP contribution in [0.2, 0.25) is 0 Å². The molecule has 78 valence electrons. The monoisotopic (exact) mass is 192 g/mol. The van der Waals surface area contributed by atoms with Crippen molar-refractivity contribution >= 4 is 5.82 Å². The number of aryl methyl sites for hydroxylation is 1. The highest BCUT2D eigenvalue weighted by molar-refractivity contribution is 5.42. The SMILES string of the molecule is Cc1cccnc1NCCCC(C)C. The van der Waals surface area contributed by atoms with Gasteiger partial charge in [-0.1, -0.05) is 19.9 Å². The van der Waals surface area contributed by atoms with E-state index in [-0.39, 0.29) is 0 Å². The fraction of sp³-hybridized carbons (Fsp3) is 0.583. The molecule has 0 atom stereocenters.